The molecule has 0 fully saturated rings. The van der Waals surface area contributed by atoms with Crippen molar-refractivity contribution in [2.24, 2.45) is 0 Å². The van der Waals surface area contributed by atoms with Crippen LogP contribution in [0.4, 0.5) is 0 Å². The third-order valence-electron chi connectivity index (χ3n) is 3.46. The second kappa shape index (κ2) is 5.94. The lowest BCUT2D eigenvalue weighted by molar-refractivity contribution is 0.408. The van der Waals surface area contributed by atoms with Crippen LogP contribution in [0, 0.1) is 4.77 Å². The number of nitrogens with one attached hydrogen (secondary N) is 1. The van der Waals surface area contributed by atoms with Gasteiger partial charge in [0.05, 0.1) is 24.6 Å². The molecule has 2 aromatic carbocycles. The van der Waals surface area contributed by atoms with E-state index in [1.54, 1.807) is 25.3 Å². The lowest BCUT2D eigenvalue weighted by atomic mass is 10.2. The summed E-state index contributed by atoms with van der Waals surface area (Å²) in [4.78, 5) is 15.7. The number of hydrogen-bond acceptors (Lipinski definition) is 3. The van der Waals surface area contributed by atoms with Crippen LogP contribution in [0.1, 0.15) is 5.56 Å². The average Bonchev–Trinajstić information content (AvgIpc) is 2.52. The van der Waals surface area contributed by atoms with Crippen molar-refractivity contribution >= 4 is 34.7 Å². The molecule has 0 spiro atoms. The lowest BCUT2D eigenvalue weighted by Gasteiger charge is -2.11. The van der Waals surface area contributed by atoms with Gasteiger partial charge in [-0.2, -0.15) is 0 Å². The summed E-state index contributed by atoms with van der Waals surface area (Å²) < 4.78 is 7.20. The summed E-state index contributed by atoms with van der Waals surface area (Å²) in [5.74, 6) is 0.718. The highest BCUT2D eigenvalue weighted by molar-refractivity contribution is 7.71. The Balaban J connectivity index is 2.19. The number of ether oxygens (including phenoxy) is 1. The minimum atomic E-state index is -0.174. The van der Waals surface area contributed by atoms with E-state index in [1.807, 2.05) is 24.3 Å². The van der Waals surface area contributed by atoms with E-state index in [0.29, 0.717) is 27.2 Å². The van der Waals surface area contributed by atoms with Gasteiger partial charge >= 0.3 is 0 Å². The van der Waals surface area contributed by atoms with Gasteiger partial charge in [-0.25, -0.2) is 0 Å². The molecule has 0 aliphatic carbocycles. The Bertz CT molecular complexity index is 962. The zero-order chi connectivity index (χ0) is 15.7. The van der Waals surface area contributed by atoms with Gasteiger partial charge < -0.3 is 9.72 Å². The number of H-pyrrole nitrogens is 1. The third kappa shape index (κ3) is 2.65. The first-order chi connectivity index (χ1) is 10.6. The fourth-order valence-electron chi connectivity index (χ4n) is 2.37. The van der Waals surface area contributed by atoms with Crippen molar-refractivity contribution in [2.45, 2.75) is 6.54 Å². The molecule has 1 N–H and O–H groups in total. The van der Waals surface area contributed by atoms with E-state index in [2.05, 4.69) is 4.98 Å². The Morgan fingerprint density at radius 2 is 2.05 bits per heavy atom. The Morgan fingerprint density at radius 3 is 2.82 bits per heavy atom. The normalized spacial score (nSPS) is 10.8. The molecule has 1 aromatic heterocycles. The maximum absolute atomic E-state index is 12.7. The Hall–Kier alpha value is -2.11. The predicted octanol–water partition coefficient (Wildman–Crippen LogP) is 3.77. The fourth-order valence-corrected chi connectivity index (χ4v) is 2.80. The van der Waals surface area contributed by atoms with Crippen LogP contribution in [-0.2, 0) is 6.54 Å². The summed E-state index contributed by atoms with van der Waals surface area (Å²) in [7, 11) is 1.60. The molecule has 0 radical (unpaired) electrons. The summed E-state index contributed by atoms with van der Waals surface area (Å²) >= 11 is 11.3. The van der Waals surface area contributed by atoms with Crippen LogP contribution in [0.2, 0.25) is 5.02 Å². The zero-order valence-electron chi connectivity index (χ0n) is 11.8. The molecule has 22 heavy (non-hydrogen) atoms. The molecule has 3 rings (SSSR count). The summed E-state index contributed by atoms with van der Waals surface area (Å²) in [6, 6.07) is 12.7. The number of rotatable bonds is 3. The molecule has 0 unspecified atom stereocenters. The first-order valence-corrected chi connectivity index (χ1v) is 7.43. The number of aromatic nitrogens is 2. The number of halogens is 1. The summed E-state index contributed by atoms with van der Waals surface area (Å²) in [5.41, 5.74) is 1.39. The van der Waals surface area contributed by atoms with Gasteiger partial charge in [-0.15, -0.1) is 0 Å². The van der Waals surface area contributed by atoms with Crippen LogP contribution in [0.15, 0.2) is 47.3 Å². The van der Waals surface area contributed by atoms with Crippen LogP contribution >= 0.6 is 23.8 Å². The van der Waals surface area contributed by atoms with Gasteiger partial charge in [0.2, 0.25) is 0 Å². The topological polar surface area (TPSA) is 47.0 Å². The van der Waals surface area contributed by atoms with Crippen molar-refractivity contribution in [3.63, 3.8) is 0 Å². The standard InChI is InChI=1S/C16H13ClN2O2S/c1-21-14-5-3-2-4-10(14)9-19-15(20)12-8-11(17)6-7-13(12)18-16(19)22/h2-8H,9H2,1H3,(H,18,22). The van der Waals surface area contributed by atoms with Crippen molar-refractivity contribution in [1.29, 1.82) is 0 Å². The Labute approximate surface area is 136 Å². The molecule has 0 amide bonds. The monoisotopic (exact) mass is 332 g/mol. The summed E-state index contributed by atoms with van der Waals surface area (Å²) in [6.07, 6.45) is 0. The molecular weight excluding hydrogens is 320 g/mol. The number of para-hydroxylation sites is 1. The highest BCUT2D eigenvalue weighted by atomic mass is 35.5. The molecule has 112 valence electrons. The summed E-state index contributed by atoms with van der Waals surface area (Å²) in [5, 5.41) is 1.02. The van der Waals surface area contributed by atoms with E-state index in [4.69, 9.17) is 28.6 Å². The molecule has 1 heterocycles. The third-order valence-corrected chi connectivity index (χ3v) is 4.02. The molecule has 0 saturated carbocycles. The number of benzene rings is 2. The molecule has 0 atom stereocenters. The lowest BCUT2D eigenvalue weighted by Crippen LogP contribution is -2.23. The van der Waals surface area contributed by atoms with E-state index in [1.165, 1.54) is 4.57 Å². The molecule has 0 saturated heterocycles. The quantitative estimate of drug-likeness (QED) is 0.743. The van der Waals surface area contributed by atoms with Crippen LogP contribution in [0.5, 0.6) is 5.75 Å². The fraction of sp³-hybridized carbons (Fsp3) is 0.125. The maximum Gasteiger partial charge on any atom is 0.262 e. The van der Waals surface area contributed by atoms with Gasteiger partial charge in [0.15, 0.2) is 4.77 Å². The highest BCUT2D eigenvalue weighted by Crippen LogP contribution is 2.19. The van der Waals surface area contributed by atoms with Crippen molar-refractivity contribution in [3.8, 4) is 5.75 Å². The second-order valence-corrected chi connectivity index (χ2v) is 5.65. The highest BCUT2D eigenvalue weighted by Gasteiger charge is 2.09. The number of hydrogen-bond donors (Lipinski definition) is 1. The largest absolute Gasteiger partial charge is 0.496 e. The van der Waals surface area contributed by atoms with E-state index in [9.17, 15) is 4.79 Å². The molecule has 4 nitrogen and oxygen atoms in total. The van der Waals surface area contributed by atoms with Crippen LogP contribution in [0.3, 0.4) is 0 Å². The second-order valence-electron chi connectivity index (χ2n) is 4.82. The molecule has 0 bridgehead atoms. The number of aromatic amines is 1. The maximum atomic E-state index is 12.7. The van der Waals surface area contributed by atoms with Crippen molar-refractivity contribution in [1.82, 2.24) is 9.55 Å². The minimum Gasteiger partial charge on any atom is -0.496 e. The van der Waals surface area contributed by atoms with E-state index in [-0.39, 0.29) is 5.56 Å². The van der Waals surface area contributed by atoms with Crippen LogP contribution < -0.4 is 10.3 Å². The average molecular weight is 333 g/mol. The van der Waals surface area contributed by atoms with Gasteiger partial charge in [-0.1, -0.05) is 29.8 Å². The number of fused-ring (bicyclic) bond motifs is 1. The van der Waals surface area contributed by atoms with E-state index in [0.717, 1.165) is 11.3 Å². The van der Waals surface area contributed by atoms with E-state index >= 15 is 0 Å². The van der Waals surface area contributed by atoms with Crippen LogP contribution in [0.25, 0.3) is 10.9 Å². The smallest absolute Gasteiger partial charge is 0.262 e. The first-order valence-electron chi connectivity index (χ1n) is 6.64. The van der Waals surface area contributed by atoms with Gasteiger partial charge in [-0.05, 0) is 36.5 Å². The molecule has 6 heteroatoms. The minimum absolute atomic E-state index is 0.174. The Morgan fingerprint density at radius 1 is 1.27 bits per heavy atom. The van der Waals surface area contributed by atoms with Crippen molar-refractivity contribution in [2.75, 3.05) is 7.11 Å². The summed E-state index contributed by atoms with van der Waals surface area (Å²) in [6.45, 7) is 0.334. The number of methoxy groups -OCH3 is 1. The molecule has 0 aliphatic rings. The predicted molar refractivity (Wildman–Crippen MR) is 90.5 cm³/mol. The zero-order valence-corrected chi connectivity index (χ0v) is 13.4. The SMILES string of the molecule is COc1ccccc1Cn1c(=S)[nH]c2ccc(Cl)cc2c1=O. The number of nitrogens with zero attached hydrogens (tertiary/aromatic N) is 1. The van der Waals surface area contributed by atoms with Gasteiger partial charge in [0, 0.05) is 10.6 Å². The molecular formula is C16H13ClN2O2S. The first kappa shape index (κ1) is 14.8. The van der Waals surface area contributed by atoms with E-state index < -0.39 is 0 Å². The van der Waals surface area contributed by atoms with Crippen LogP contribution in [-0.4, -0.2) is 16.7 Å². The van der Waals surface area contributed by atoms with Gasteiger partial charge in [0.25, 0.3) is 5.56 Å². The Kier molecular flexibility index (Phi) is 4.00. The molecule has 3 aromatic rings. The van der Waals surface area contributed by atoms with Crippen molar-refractivity contribution < 1.29 is 4.74 Å². The van der Waals surface area contributed by atoms with Gasteiger partial charge in [0.1, 0.15) is 5.75 Å². The van der Waals surface area contributed by atoms with Gasteiger partial charge in [-0.3, -0.25) is 9.36 Å². The van der Waals surface area contributed by atoms with Crippen molar-refractivity contribution in [3.05, 3.63) is 68.2 Å². The molecule has 0 aliphatic heterocycles.